The van der Waals surface area contributed by atoms with Crippen LogP contribution < -0.4 is 20.9 Å². The molecule has 2 aromatic rings. The summed E-state index contributed by atoms with van der Waals surface area (Å²) in [5.74, 6) is 2.14. The summed E-state index contributed by atoms with van der Waals surface area (Å²) in [6.07, 6.45) is 3.65. The van der Waals surface area contributed by atoms with Crippen LogP contribution >= 0.6 is 0 Å². The number of amides is 2. The van der Waals surface area contributed by atoms with Crippen molar-refractivity contribution in [3.05, 3.63) is 47.5 Å². The van der Waals surface area contributed by atoms with Crippen LogP contribution in [-0.2, 0) is 6.54 Å². The lowest BCUT2D eigenvalue weighted by Gasteiger charge is -2.30. The molecule has 0 spiro atoms. The van der Waals surface area contributed by atoms with Crippen LogP contribution in [0.1, 0.15) is 37.1 Å². The first-order valence-corrected chi connectivity index (χ1v) is 9.98. The van der Waals surface area contributed by atoms with Crippen LogP contribution in [0.25, 0.3) is 0 Å². The molecule has 3 rings (SSSR count). The minimum absolute atomic E-state index is 0.123. The van der Waals surface area contributed by atoms with Crippen molar-refractivity contribution in [2.75, 3.05) is 24.3 Å². The summed E-state index contributed by atoms with van der Waals surface area (Å²) >= 11 is 0. The fourth-order valence-corrected chi connectivity index (χ4v) is 3.50. The molecule has 0 radical (unpaired) electrons. The highest BCUT2D eigenvalue weighted by Crippen LogP contribution is 2.23. The van der Waals surface area contributed by atoms with Crippen LogP contribution in [0.5, 0.6) is 0 Å². The molecule has 1 heterocycles. The highest BCUT2D eigenvalue weighted by molar-refractivity contribution is 5.74. The molecule has 1 aliphatic rings. The molecule has 29 heavy (non-hydrogen) atoms. The van der Waals surface area contributed by atoms with Crippen molar-refractivity contribution in [1.29, 1.82) is 0 Å². The monoisotopic (exact) mass is 400 g/mol. The van der Waals surface area contributed by atoms with Crippen molar-refractivity contribution in [2.24, 2.45) is 0 Å². The first kappa shape index (κ1) is 20.8. The van der Waals surface area contributed by atoms with Crippen molar-refractivity contribution < 1.29 is 9.18 Å². The number of nitrogens with zero attached hydrogens (tertiary/aromatic N) is 3. The largest absolute Gasteiger partial charge is 0.367 e. The van der Waals surface area contributed by atoms with E-state index < -0.39 is 0 Å². The van der Waals surface area contributed by atoms with Gasteiger partial charge in [0.1, 0.15) is 23.3 Å². The van der Waals surface area contributed by atoms with E-state index in [1.165, 1.54) is 6.07 Å². The van der Waals surface area contributed by atoms with Gasteiger partial charge >= 0.3 is 6.03 Å². The average Bonchev–Trinajstić information content (AvgIpc) is 2.68. The van der Waals surface area contributed by atoms with Gasteiger partial charge in [-0.1, -0.05) is 18.2 Å². The van der Waals surface area contributed by atoms with Crippen molar-refractivity contribution in [3.63, 3.8) is 0 Å². The Balaban J connectivity index is 1.43. The number of urea groups is 1. The molecule has 3 N–H and O–H groups in total. The first-order chi connectivity index (χ1) is 13.9. The molecule has 0 saturated heterocycles. The maximum absolute atomic E-state index is 13.6. The third-order valence-corrected chi connectivity index (χ3v) is 5.09. The smallest absolute Gasteiger partial charge is 0.315 e. The lowest BCUT2D eigenvalue weighted by Crippen LogP contribution is -2.44. The molecule has 1 fully saturated rings. The van der Waals surface area contributed by atoms with Crippen molar-refractivity contribution >= 4 is 17.7 Å². The molecule has 1 aliphatic carbocycles. The van der Waals surface area contributed by atoms with Gasteiger partial charge in [0.15, 0.2) is 0 Å². The Bertz CT molecular complexity index is 836. The molecule has 7 nitrogen and oxygen atoms in total. The maximum Gasteiger partial charge on any atom is 0.315 e. The van der Waals surface area contributed by atoms with Gasteiger partial charge in [-0.25, -0.2) is 19.2 Å². The molecule has 1 saturated carbocycles. The summed E-state index contributed by atoms with van der Waals surface area (Å²) in [6.45, 7) is 2.07. The highest BCUT2D eigenvalue weighted by Gasteiger charge is 2.23. The average molecular weight is 401 g/mol. The van der Waals surface area contributed by atoms with Gasteiger partial charge in [-0.15, -0.1) is 0 Å². The van der Waals surface area contributed by atoms with Gasteiger partial charge in [-0.3, -0.25) is 0 Å². The Morgan fingerprint density at radius 3 is 2.52 bits per heavy atom. The molecule has 0 unspecified atom stereocenters. The Labute approximate surface area is 171 Å². The summed E-state index contributed by atoms with van der Waals surface area (Å²) in [7, 11) is 3.92. The third kappa shape index (κ3) is 6.04. The molecule has 0 aliphatic heterocycles. The van der Waals surface area contributed by atoms with Crippen molar-refractivity contribution in [2.45, 2.75) is 51.2 Å². The number of aromatic nitrogens is 2. The van der Waals surface area contributed by atoms with Crippen molar-refractivity contribution in [1.82, 2.24) is 20.6 Å². The zero-order chi connectivity index (χ0) is 20.8. The standard InChI is InChI=1S/C21H29FN6O/c1-14-24-19(12-20(25-14)28(2)3)26-16-8-10-17(11-9-16)27-21(29)23-13-15-6-4-5-7-18(15)22/h4-7,12,16-17H,8-11,13H2,1-3H3,(H2,23,27,29)(H,24,25,26). The van der Waals surface area contributed by atoms with E-state index in [4.69, 9.17) is 0 Å². The summed E-state index contributed by atoms with van der Waals surface area (Å²) in [6, 6.07) is 8.59. The molecule has 8 heteroatoms. The maximum atomic E-state index is 13.6. The molecule has 0 atom stereocenters. The lowest BCUT2D eigenvalue weighted by atomic mass is 9.91. The number of benzene rings is 1. The molecular formula is C21H29FN6O. The number of nitrogens with one attached hydrogen (secondary N) is 3. The Morgan fingerprint density at radius 2 is 1.83 bits per heavy atom. The Kier molecular flexibility index (Phi) is 6.85. The van der Waals surface area contributed by atoms with Gasteiger partial charge in [0.2, 0.25) is 0 Å². The van der Waals surface area contributed by atoms with Gasteiger partial charge in [0.25, 0.3) is 0 Å². The van der Waals surface area contributed by atoms with E-state index in [1.807, 2.05) is 32.0 Å². The first-order valence-electron chi connectivity index (χ1n) is 9.98. The molecule has 156 valence electrons. The van der Waals surface area contributed by atoms with Gasteiger partial charge in [0, 0.05) is 44.4 Å². The minimum Gasteiger partial charge on any atom is -0.367 e. The van der Waals surface area contributed by atoms with Crippen LogP contribution in [0.15, 0.2) is 30.3 Å². The fourth-order valence-electron chi connectivity index (χ4n) is 3.50. The van der Waals surface area contributed by atoms with E-state index in [0.29, 0.717) is 11.6 Å². The van der Waals surface area contributed by atoms with Crippen LogP contribution in [-0.4, -0.2) is 42.2 Å². The summed E-state index contributed by atoms with van der Waals surface area (Å²) < 4.78 is 13.6. The Morgan fingerprint density at radius 1 is 1.14 bits per heavy atom. The van der Waals surface area contributed by atoms with Gasteiger partial charge < -0.3 is 20.9 Å². The Hall–Kier alpha value is -2.90. The number of hydrogen-bond donors (Lipinski definition) is 3. The van der Waals surface area contributed by atoms with Gasteiger partial charge in [0.05, 0.1) is 0 Å². The number of carbonyl (C=O) groups is 1. The number of rotatable bonds is 6. The molecule has 2 amide bonds. The normalized spacial score (nSPS) is 18.8. The zero-order valence-corrected chi connectivity index (χ0v) is 17.2. The topological polar surface area (TPSA) is 82.2 Å². The summed E-state index contributed by atoms with van der Waals surface area (Å²) in [5, 5.41) is 9.22. The lowest BCUT2D eigenvalue weighted by molar-refractivity contribution is 0.231. The van der Waals surface area contributed by atoms with Gasteiger partial charge in [-0.2, -0.15) is 0 Å². The summed E-state index contributed by atoms with van der Waals surface area (Å²) in [4.78, 5) is 23.0. The zero-order valence-electron chi connectivity index (χ0n) is 17.2. The molecule has 1 aromatic heterocycles. The minimum atomic E-state index is -0.309. The van der Waals surface area contributed by atoms with E-state index in [1.54, 1.807) is 18.2 Å². The summed E-state index contributed by atoms with van der Waals surface area (Å²) in [5.41, 5.74) is 0.479. The van der Waals surface area contributed by atoms with Crippen LogP contribution in [0.2, 0.25) is 0 Å². The SMILES string of the molecule is Cc1nc(NC2CCC(NC(=O)NCc3ccccc3F)CC2)cc(N(C)C)n1. The van der Waals surface area contributed by atoms with Crippen LogP contribution in [0.3, 0.4) is 0 Å². The van der Waals surface area contributed by atoms with E-state index in [-0.39, 0.29) is 24.4 Å². The predicted octanol–water partition coefficient (Wildman–Crippen LogP) is 3.21. The van der Waals surface area contributed by atoms with Crippen LogP contribution in [0.4, 0.5) is 20.8 Å². The molecular weight excluding hydrogens is 371 g/mol. The van der Waals surface area contributed by atoms with Gasteiger partial charge in [-0.05, 0) is 38.7 Å². The second-order valence-corrected chi connectivity index (χ2v) is 7.66. The number of hydrogen-bond acceptors (Lipinski definition) is 5. The van der Waals surface area contributed by atoms with E-state index in [9.17, 15) is 9.18 Å². The second-order valence-electron chi connectivity index (χ2n) is 7.66. The van der Waals surface area contributed by atoms with Crippen molar-refractivity contribution in [3.8, 4) is 0 Å². The molecule has 0 bridgehead atoms. The predicted molar refractivity (Wildman–Crippen MR) is 113 cm³/mol. The third-order valence-electron chi connectivity index (χ3n) is 5.09. The highest BCUT2D eigenvalue weighted by atomic mass is 19.1. The number of halogens is 1. The molecule has 1 aromatic carbocycles. The quantitative estimate of drug-likeness (QED) is 0.694. The second kappa shape index (κ2) is 9.54. The number of aryl methyl sites for hydroxylation is 1. The van der Waals surface area contributed by atoms with E-state index in [2.05, 4.69) is 25.9 Å². The fraction of sp³-hybridized carbons (Fsp3) is 0.476. The van der Waals surface area contributed by atoms with E-state index >= 15 is 0 Å². The van der Waals surface area contributed by atoms with E-state index in [0.717, 1.165) is 43.1 Å². The van der Waals surface area contributed by atoms with Crippen LogP contribution in [0, 0.1) is 12.7 Å². The number of carbonyl (C=O) groups excluding carboxylic acids is 1. The number of anilines is 2.